The summed E-state index contributed by atoms with van der Waals surface area (Å²) in [6, 6.07) is 15.8. The maximum absolute atomic E-state index is 11.0. The van der Waals surface area contributed by atoms with Crippen LogP contribution in [0.3, 0.4) is 0 Å². The second kappa shape index (κ2) is 6.73. The van der Waals surface area contributed by atoms with E-state index < -0.39 is 0 Å². The molecule has 0 aliphatic carbocycles. The van der Waals surface area contributed by atoms with E-state index in [4.69, 9.17) is 0 Å². The highest BCUT2D eigenvalue weighted by molar-refractivity contribution is 5.37. The number of benzene rings is 2. The van der Waals surface area contributed by atoms with Gasteiger partial charge in [0.15, 0.2) is 0 Å². The maximum Gasteiger partial charge on any atom is 0.269 e. The average Bonchev–Trinajstić information content (AvgIpc) is 2.85. The fourth-order valence-corrected chi connectivity index (χ4v) is 3.60. The highest BCUT2D eigenvalue weighted by Gasteiger charge is 2.37. The maximum atomic E-state index is 11.0. The summed E-state index contributed by atoms with van der Waals surface area (Å²) < 4.78 is 0. The van der Waals surface area contributed by atoms with Crippen LogP contribution in [0.2, 0.25) is 0 Å². The first-order valence-electron chi connectivity index (χ1n) is 8.33. The van der Waals surface area contributed by atoms with Crippen LogP contribution >= 0.6 is 0 Å². The van der Waals surface area contributed by atoms with E-state index in [-0.39, 0.29) is 22.4 Å². The molecule has 0 amide bonds. The van der Waals surface area contributed by atoms with Crippen LogP contribution < -0.4 is 0 Å². The van der Waals surface area contributed by atoms with Crippen molar-refractivity contribution in [2.24, 2.45) is 5.92 Å². The van der Waals surface area contributed by atoms with Crippen molar-refractivity contribution in [1.29, 1.82) is 0 Å². The summed E-state index contributed by atoms with van der Waals surface area (Å²) in [5.74, 6) is 0.444. The molecule has 4 heteroatoms. The Kier molecular flexibility index (Phi) is 4.67. The number of nitro groups is 1. The van der Waals surface area contributed by atoms with Crippen molar-refractivity contribution in [1.82, 2.24) is 4.90 Å². The first kappa shape index (κ1) is 16.7. The molecule has 1 radical (unpaired) electrons. The Morgan fingerprint density at radius 1 is 1.25 bits per heavy atom. The fraction of sp³-hybridized carbons (Fsp3) is 0.350. The fourth-order valence-electron chi connectivity index (χ4n) is 3.60. The third-order valence-corrected chi connectivity index (χ3v) is 5.29. The Morgan fingerprint density at radius 3 is 2.71 bits per heavy atom. The molecule has 3 rings (SSSR count). The minimum Gasteiger partial charge on any atom is -0.295 e. The first-order valence-corrected chi connectivity index (χ1v) is 8.33. The molecule has 0 aromatic heterocycles. The zero-order valence-corrected chi connectivity index (χ0v) is 14.2. The van der Waals surface area contributed by atoms with Gasteiger partial charge in [0.25, 0.3) is 5.69 Å². The molecule has 125 valence electrons. The lowest BCUT2D eigenvalue weighted by atomic mass is 9.87. The minimum absolute atomic E-state index is 0.157. The van der Waals surface area contributed by atoms with Gasteiger partial charge in [0.05, 0.1) is 4.92 Å². The summed E-state index contributed by atoms with van der Waals surface area (Å²) in [5, 5.41) is 11.0. The topological polar surface area (TPSA) is 46.4 Å². The molecule has 1 saturated heterocycles. The molecule has 2 aromatic rings. The van der Waals surface area contributed by atoms with Crippen molar-refractivity contribution in [3.63, 3.8) is 0 Å². The number of aryl methyl sites for hydroxylation is 1. The molecule has 4 nitrogen and oxygen atoms in total. The second-order valence-corrected chi connectivity index (χ2v) is 6.72. The Bertz CT molecular complexity index is 744. The van der Waals surface area contributed by atoms with Crippen molar-refractivity contribution in [2.45, 2.75) is 32.4 Å². The van der Waals surface area contributed by atoms with Gasteiger partial charge < -0.3 is 0 Å². The van der Waals surface area contributed by atoms with Gasteiger partial charge in [-0.2, -0.15) is 0 Å². The molecule has 3 atom stereocenters. The molecule has 0 spiro atoms. The molecule has 0 bridgehead atoms. The van der Waals surface area contributed by atoms with Gasteiger partial charge in [-0.1, -0.05) is 36.4 Å². The Balaban J connectivity index is 1.81. The zero-order chi connectivity index (χ0) is 17.3. The molecule has 1 aliphatic rings. The SMILES string of the molecule is [CH2]C1C(c2cccc([N+](=O)[O-])c2)CN(Cc2ccccc2C)C1C. The van der Waals surface area contributed by atoms with Crippen molar-refractivity contribution in [3.05, 3.63) is 82.3 Å². The summed E-state index contributed by atoms with van der Waals surface area (Å²) in [7, 11) is 0. The number of hydrogen-bond acceptors (Lipinski definition) is 3. The first-order chi connectivity index (χ1) is 11.5. The average molecular weight is 323 g/mol. The zero-order valence-electron chi connectivity index (χ0n) is 14.2. The van der Waals surface area contributed by atoms with E-state index in [1.807, 2.05) is 6.07 Å². The van der Waals surface area contributed by atoms with Crippen LogP contribution in [0.1, 0.15) is 29.5 Å². The summed E-state index contributed by atoms with van der Waals surface area (Å²) in [5.41, 5.74) is 3.80. The summed E-state index contributed by atoms with van der Waals surface area (Å²) in [6.45, 7) is 10.5. The van der Waals surface area contributed by atoms with Gasteiger partial charge in [-0.25, -0.2) is 0 Å². The lowest BCUT2D eigenvalue weighted by Gasteiger charge is -2.23. The third kappa shape index (κ3) is 3.20. The van der Waals surface area contributed by atoms with Gasteiger partial charge in [-0.3, -0.25) is 15.0 Å². The van der Waals surface area contributed by atoms with E-state index in [9.17, 15) is 10.1 Å². The molecule has 1 fully saturated rings. The van der Waals surface area contributed by atoms with E-state index in [1.165, 1.54) is 11.1 Å². The van der Waals surface area contributed by atoms with E-state index in [1.54, 1.807) is 18.2 Å². The van der Waals surface area contributed by atoms with Gasteiger partial charge in [0.1, 0.15) is 0 Å². The minimum atomic E-state index is -0.328. The van der Waals surface area contributed by atoms with Gasteiger partial charge in [0, 0.05) is 37.2 Å². The molecule has 1 aliphatic heterocycles. The van der Waals surface area contributed by atoms with Crippen LogP contribution in [-0.2, 0) is 6.54 Å². The van der Waals surface area contributed by atoms with Crippen LogP contribution in [-0.4, -0.2) is 22.4 Å². The number of rotatable bonds is 4. The quantitative estimate of drug-likeness (QED) is 0.621. The summed E-state index contributed by atoms with van der Waals surface area (Å²) in [4.78, 5) is 13.1. The van der Waals surface area contributed by atoms with Gasteiger partial charge >= 0.3 is 0 Å². The number of non-ortho nitro benzene ring substituents is 1. The Hall–Kier alpha value is -2.20. The lowest BCUT2D eigenvalue weighted by molar-refractivity contribution is -0.384. The van der Waals surface area contributed by atoms with Crippen LogP contribution in [0.4, 0.5) is 5.69 Å². The smallest absolute Gasteiger partial charge is 0.269 e. The number of hydrogen-bond donors (Lipinski definition) is 0. The van der Waals surface area contributed by atoms with E-state index in [0.29, 0.717) is 6.04 Å². The van der Waals surface area contributed by atoms with E-state index in [0.717, 1.165) is 18.7 Å². The van der Waals surface area contributed by atoms with Crippen molar-refractivity contribution >= 4 is 5.69 Å². The lowest BCUT2D eigenvalue weighted by Crippen LogP contribution is -2.29. The number of likely N-dealkylation sites (tertiary alicyclic amines) is 1. The van der Waals surface area contributed by atoms with Crippen molar-refractivity contribution < 1.29 is 4.92 Å². The monoisotopic (exact) mass is 323 g/mol. The molecule has 24 heavy (non-hydrogen) atoms. The molecule has 0 N–H and O–H groups in total. The van der Waals surface area contributed by atoms with Gasteiger partial charge in [-0.15, -0.1) is 0 Å². The third-order valence-electron chi connectivity index (χ3n) is 5.29. The van der Waals surface area contributed by atoms with Crippen LogP contribution in [0.15, 0.2) is 48.5 Å². The predicted molar refractivity (Wildman–Crippen MR) is 95.7 cm³/mol. The van der Waals surface area contributed by atoms with Gasteiger partial charge in [-0.05, 0) is 43.4 Å². The normalized spacial score (nSPS) is 24.2. The van der Waals surface area contributed by atoms with Crippen LogP contribution in [0, 0.1) is 29.9 Å². The molecule has 2 aromatic carbocycles. The second-order valence-electron chi connectivity index (χ2n) is 6.72. The van der Waals surface area contributed by atoms with Crippen LogP contribution in [0.25, 0.3) is 0 Å². The Morgan fingerprint density at radius 2 is 2.00 bits per heavy atom. The molecule has 3 unspecified atom stereocenters. The summed E-state index contributed by atoms with van der Waals surface area (Å²) in [6.07, 6.45) is 0. The highest BCUT2D eigenvalue weighted by atomic mass is 16.6. The number of nitro benzene ring substituents is 1. The largest absolute Gasteiger partial charge is 0.295 e. The van der Waals surface area contributed by atoms with Crippen molar-refractivity contribution in [2.75, 3.05) is 6.54 Å². The van der Waals surface area contributed by atoms with Gasteiger partial charge in [0.2, 0.25) is 0 Å². The molecule has 0 saturated carbocycles. The molecule has 1 heterocycles. The standard InChI is InChI=1S/C20H23N2O2/c1-14-7-4-5-8-18(14)12-21-13-20(15(2)16(21)3)17-9-6-10-19(11-17)22(23)24/h4-11,15-16,20H,2,12-13H2,1,3H3. The van der Waals surface area contributed by atoms with Crippen LogP contribution in [0.5, 0.6) is 0 Å². The molecular weight excluding hydrogens is 300 g/mol. The summed E-state index contributed by atoms with van der Waals surface area (Å²) >= 11 is 0. The van der Waals surface area contributed by atoms with E-state index >= 15 is 0 Å². The highest BCUT2D eigenvalue weighted by Crippen LogP contribution is 2.38. The van der Waals surface area contributed by atoms with E-state index in [2.05, 4.69) is 49.9 Å². The Labute approximate surface area is 143 Å². The predicted octanol–water partition coefficient (Wildman–Crippen LogP) is 4.34. The van der Waals surface area contributed by atoms with Crippen molar-refractivity contribution in [3.8, 4) is 0 Å². The number of nitrogens with zero attached hydrogens (tertiary/aromatic N) is 2. The molecular formula is C20H23N2O2.